The van der Waals surface area contributed by atoms with Crippen LogP contribution in [0.3, 0.4) is 0 Å². The predicted octanol–water partition coefficient (Wildman–Crippen LogP) is 6.93. The van der Waals surface area contributed by atoms with Crippen molar-refractivity contribution in [2.45, 2.75) is 6.92 Å². The van der Waals surface area contributed by atoms with Gasteiger partial charge in [0, 0.05) is 41.8 Å². The average Bonchev–Trinajstić information content (AvgIpc) is 3.23. The van der Waals surface area contributed by atoms with Crippen molar-refractivity contribution >= 4 is 39.9 Å². The summed E-state index contributed by atoms with van der Waals surface area (Å²) in [6.07, 6.45) is 1.43. The van der Waals surface area contributed by atoms with Crippen LogP contribution in [-0.2, 0) is 11.8 Å². The molecule has 0 unspecified atom stereocenters. The van der Waals surface area contributed by atoms with Crippen molar-refractivity contribution in [3.63, 3.8) is 0 Å². The zero-order chi connectivity index (χ0) is 28.6. The van der Waals surface area contributed by atoms with E-state index >= 15 is 0 Å². The SMILES string of the molecule is C=C(F)C(=O)Nc1ccc(-c2c(-c3ccc(Oc4cccc(C)n4)cc3)c3c(N)ncc(C#N)c3n2C)c(Cl)c1. The van der Waals surface area contributed by atoms with E-state index in [9.17, 15) is 14.4 Å². The molecule has 0 saturated heterocycles. The van der Waals surface area contributed by atoms with Crippen LogP contribution in [-0.4, -0.2) is 20.4 Å². The monoisotopic (exact) mass is 552 g/mol. The molecule has 0 saturated carbocycles. The number of nitriles is 1. The molecule has 0 aliphatic rings. The molecule has 0 spiro atoms. The molecule has 10 heteroatoms. The minimum Gasteiger partial charge on any atom is -0.439 e. The minimum atomic E-state index is -1.12. The summed E-state index contributed by atoms with van der Waals surface area (Å²) in [6.45, 7) is 4.89. The molecule has 198 valence electrons. The largest absolute Gasteiger partial charge is 0.439 e. The highest BCUT2D eigenvalue weighted by Crippen LogP contribution is 2.45. The number of fused-ring (bicyclic) bond motifs is 1. The van der Waals surface area contributed by atoms with Gasteiger partial charge in [-0.05, 0) is 48.9 Å². The van der Waals surface area contributed by atoms with Crippen LogP contribution in [0.2, 0.25) is 5.02 Å². The Balaban J connectivity index is 1.67. The maximum absolute atomic E-state index is 13.2. The van der Waals surface area contributed by atoms with Crippen LogP contribution in [0, 0.1) is 18.3 Å². The molecule has 0 atom stereocenters. The highest BCUT2D eigenvalue weighted by molar-refractivity contribution is 6.34. The Kier molecular flexibility index (Phi) is 6.94. The van der Waals surface area contributed by atoms with Crippen molar-refractivity contribution in [3.05, 3.63) is 95.5 Å². The maximum atomic E-state index is 13.2. The summed E-state index contributed by atoms with van der Waals surface area (Å²) in [6, 6.07) is 19.9. The van der Waals surface area contributed by atoms with Gasteiger partial charge in [-0.3, -0.25) is 4.79 Å². The summed E-state index contributed by atoms with van der Waals surface area (Å²) in [5.74, 6) is -0.777. The molecular weight excluding hydrogens is 531 g/mol. The quantitative estimate of drug-likeness (QED) is 0.220. The molecular formula is C30H22ClFN6O2. The first-order chi connectivity index (χ1) is 19.2. The van der Waals surface area contributed by atoms with Crippen LogP contribution in [0.15, 0.2) is 79.3 Å². The van der Waals surface area contributed by atoms with Gasteiger partial charge in [-0.25, -0.2) is 14.4 Å². The molecule has 0 fully saturated rings. The van der Waals surface area contributed by atoms with Gasteiger partial charge in [-0.1, -0.05) is 36.4 Å². The number of rotatable bonds is 6. The zero-order valence-corrected chi connectivity index (χ0v) is 22.3. The number of pyridine rings is 2. The summed E-state index contributed by atoms with van der Waals surface area (Å²) in [4.78, 5) is 20.4. The average molecular weight is 553 g/mol. The van der Waals surface area contributed by atoms with E-state index in [1.165, 1.54) is 12.3 Å². The summed E-state index contributed by atoms with van der Waals surface area (Å²) in [5.41, 5.74) is 11.2. The number of nitrogens with two attached hydrogens (primary N) is 1. The van der Waals surface area contributed by atoms with E-state index in [1.807, 2.05) is 47.9 Å². The number of aromatic nitrogens is 3. The molecule has 2 aromatic carbocycles. The van der Waals surface area contributed by atoms with Crippen molar-refractivity contribution in [2.75, 3.05) is 11.1 Å². The Bertz CT molecular complexity index is 1860. The molecule has 0 radical (unpaired) electrons. The second kappa shape index (κ2) is 10.5. The van der Waals surface area contributed by atoms with Crippen LogP contribution in [0.25, 0.3) is 33.3 Å². The zero-order valence-electron chi connectivity index (χ0n) is 21.5. The minimum absolute atomic E-state index is 0.247. The Morgan fingerprint density at radius 3 is 2.60 bits per heavy atom. The number of anilines is 2. The van der Waals surface area contributed by atoms with Crippen molar-refractivity contribution < 1.29 is 13.9 Å². The van der Waals surface area contributed by atoms with Crippen molar-refractivity contribution in [3.8, 4) is 40.1 Å². The maximum Gasteiger partial charge on any atom is 0.283 e. The molecule has 8 nitrogen and oxygen atoms in total. The Morgan fingerprint density at radius 2 is 1.95 bits per heavy atom. The number of nitrogens with zero attached hydrogens (tertiary/aromatic N) is 4. The molecule has 40 heavy (non-hydrogen) atoms. The molecule has 3 N–H and O–H groups in total. The predicted molar refractivity (Wildman–Crippen MR) is 154 cm³/mol. The van der Waals surface area contributed by atoms with Crippen molar-refractivity contribution in [1.82, 2.24) is 14.5 Å². The van der Waals surface area contributed by atoms with Gasteiger partial charge in [-0.2, -0.15) is 5.26 Å². The number of nitrogens with one attached hydrogen (secondary N) is 1. The van der Waals surface area contributed by atoms with Gasteiger partial charge in [0.25, 0.3) is 5.91 Å². The number of hydrogen-bond acceptors (Lipinski definition) is 6. The lowest BCUT2D eigenvalue weighted by Crippen LogP contribution is -2.11. The first-order valence-corrected chi connectivity index (χ1v) is 12.4. The highest BCUT2D eigenvalue weighted by atomic mass is 35.5. The number of halogens is 2. The summed E-state index contributed by atoms with van der Waals surface area (Å²) >= 11 is 6.71. The van der Waals surface area contributed by atoms with E-state index in [-0.39, 0.29) is 10.8 Å². The van der Waals surface area contributed by atoms with Gasteiger partial charge in [0.2, 0.25) is 5.88 Å². The van der Waals surface area contributed by atoms with Gasteiger partial charge < -0.3 is 20.4 Å². The third-order valence-electron chi connectivity index (χ3n) is 6.32. The van der Waals surface area contributed by atoms with Crippen molar-refractivity contribution in [1.29, 1.82) is 5.26 Å². The highest BCUT2D eigenvalue weighted by Gasteiger charge is 2.25. The summed E-state index contributed by atoms with van der Waals surface area (Å²) in [7, 11) is 1.81. The topological polar surface area (TPSA) is 119 Å². The number of nitrogen functional groups attached to an aromatic ring is 1. The first-order valence-electron chi connectivity index (χ1n) is 12.0. The number of amides is 1. The molecule has 3 heterocycles. The first kappa shape index (κ1) is 26.4. The van der Waals surface area contributed by atoms with Crippen LogP contribution in [0.4, 0.5) is 15.9 Å². The van der Waals surface area contributed by atoms with Crippen LogP contribution in [0.1, 0.15) is 11.3 Å². The molecule has 5 rings (SSSR count). The fourth-order valence-corrected chi connectivity index (χ4v) is 4.83. The number of aryl methyl sites for hydroxylation is 2. The van der Waals surface area contributed by atoms with Crippen LogP contribution < -0.4 is 15.8 Å². The third-order valence-corrected chi connectivity index (χ3v) is 6.63. The number of carbonyl (C=O) groups is 1. The summed E-state index contributed by atoms with van der Waals surface area (Å²) < 4.78 is 21.0. The van der Waals surface area contributed by atoms with E-state index < -0.39 is 11.7 Å². The van der Waals surface area contributed by atoms with Gasteiger partial charge in [0.1, 0.15) is 17.6 Å². The second-order valence-electron chi connectivity index (χ2n) is 8.97. The molecule has 1 amide bonds. The number of carbonyl (C=O) groups excluding carboxylic acids is 1. The lowest BCUT2D eigenvalue weighted by atomic mass is 9.97. The Labute approximate surface area is 234 Å². The van der Waals surface area contributed by atoms with Crippen LogP contribution in [0.5, 0.6) is 11.6 Å². The summed E-state index contributed by atoms with van der Waals surface area (Å²) in [5, 5.41) is 13.1. The molecule has 5 aromatic rings. The van der Waals surface area contributed by atoms with Gasteiger partial charge in [0.15, 0.2) is 5.83 Å². The van der Waals surface area contributed by atoms with Gasteiger partial charge >= 0.3 is 0 Å². The lowest BCUT2D eigenvalue weighted by Gasteiger charge is -2.13. The fraction of sp³-hybridized carbons (Fsp3) is 0.0667. The lowest BCUT2D eigenvalue weighted by molar-refractivity contribution is -0.114. The van der Waals surface area contributed by atoms with E-state index in [2.05, 4.69) is 27.9 Å². The standard InChI is InChI=1S/C30H22ClFN6O2/c1-16-5-4-6-24(36-16)40-21-10-7-18(8-11-21)25-26-27(19(14-33)15-35-29(26)34)38(3)28(25)22-12-9-20(13-23(22)31)37-30(39)17(2)32/h4-13,15H,2H2,1,3H3,(H2,34,35)(H,37,39). The third kappa shape index (κ3) is 4.84. The van der Waals surface area contributed by atoms with E-state index in [0.29, 0.717) is 50.6 Å². The number of hydrogen-bond donors (Lipinski definition) is 2. The molecule has 3 aromatic heterocycles. The normalized spacial score (nSPS) is 10.8. The molecule has 0 aliphatic carbocycles. The Morgan fingerprint density at radius 1 is 1.20 bits per heavy atom. The Hall–Kier alpha value is -5.20. The molecule has 0 aliphatic heterocycles. The van der Waals surface area contributed by atoms with E-state index in [4.69, 9.17) is 22.1 Å². The van der Waals surface area contributed by atoms with Crippen LogP contribution >= 0.6 is 11.6 Å². The van der Waals surface area contributed by atoms with Crippen molar-refractivity contribution in [2.24, 2.45) is 7.05 Å². The van der Waals surface area contributed by atoms with Gasteiger partial charge in [0.05, 0.1) is 27.2 Å². The van der Waals surface area contributed by atoms with E-state index in [0.717, 1.165) is 11.3 Å². The number of benzene rings is 2. The van der Waals surface area contributed by atoms with Gasteiger partial charge in [-0.15, -0.1) is 0 Å². The fourth-order valence-electron chi connectivity index (χ4n) is 4.56. The molecule has 0 bridgehead atoms. The number of ether oxygens (including phenoxy) is 1. The smallest absolute Gasteiger partial charge is 0.283 e. The van der Waals surface area contributed by atoms with E-state index in [1.54, 1.807) is 25.2 Å². The second-order valence-corrected chi connectivity index (χ2v) is 9.38.